The highest BCUT2D eigenvalue weighted by molar-refractivity contribution is 5.87. The van der Waals surface area contributed by atoms with E-state index >= 15 is 0 Å². The maximum absolute atomic E-state index is 10.6. The molecule has 2 heterocycles. The third-order valence-electron chi connectivity index (χ3n) is 6.02. The van der Waals surface area contributed by atoms with Crippen LogP contribution in [0.2, 0.25) is 0 Å². The third kappa shape index (κ3) is 4.05. The lowest BCUT2D eigenvalue weighted by molar-refractivity contribution is -0.250. The largest absolute Gasteiger partial charge is 0.394 e. The molecule has 5 atom stereocenters. The summed E-state index contributed by atoms with van der Waals surface area (Å²) < 4.78 is 7.62. The van der Waals surface area contributed by atoms with Gasteiger partial charge in [-0.2, -0.15) is 0 Å². The van der Waals surface area contributed by atoms with Gasteiger partial charge in [0.2, 0.25) is 0 Å². The maximum Gasteiger partial charge on any atom is 0.163 e. The average molecular weight is 424 g/mol. The first-order valence-corrected chi connectivity index (χ1v) is 10.6. The number of nitrogens with zero attached hydrogens (tertiary/aromatic N) is 1. The lowest BCUT2D eigenvalue weighted by atomic mass is 9.98. The Bertz CT molecular complexity index is 1070. The molecular formula is C25H29NO5. The number of hydrogen-bond acceptors (Lipinski definition) is 5. The molecule has 1 aliphatic heterocycles. The molecular weight excluding hydrogens is 394 g/mol. The normalized spacial score (nSPS) is 26.7. The fourth-order valence-corrected chi connectivity index (χ4v) is 4.40. The molecule has 4 rings (SSSR count). The molecule has 0 unspecified atom stereocenters. The zero-order valence-electron chi connectivity index (χ0n) is 17.7. The zero-order chi connectivity index (χ0) is 22.1. The molecule has 6 heteroatoms. The predicted octanol–water partition coefficient (Wildman–Crippen LogP) is 2.55. The number of fused-ring (bicyclic) bond motifs is 1. The van der Waals surface area contributed by atoms with Gasteiger partial charge in [-0.15, -0.1) is 0 Å². The quantitative estimate of drug-likeness (QED) is 0.506. The Morgan fingerprint density at radius 1 is 1.00 bits per heavy atom. The Balaban J connectivity index is 1.75. The van der Waals surface area contributed by atoms with Gasteiger partial charge in [-0.1, -0.05) is 48.6 Å². The topological polar surface area (TPSA) is 95.1 Å². The van der Waals surface area contributed by atoms with Crippen molar-refractivity contribution in [1.82, 2.24) is 4.57 Å². The van der Waals surface area contributed by atoms with Crippen LogP contribution in [0, 0.1) is 6.92 Å². The van der Waals surface area contributed by atoms with E-state index in [9.17, 15) is 20.4 Å². The van der Waals surface area contributed by atoms with E-state index in [1.807, 2.05) is 44.3 Å². The van der Waals surface area contributed by atoms with Crippen molar-refractivity contribution in [1.29, 1.82) is 0 Å². The van der Waals surface area contributed by atoms with Gasteiger partial charge in [-0.3, -0.25) is 0 Å². The minimum absolute atomic E-state index is 0.453. The van der Waals surface area contributed by atoms with Gasteiger partial charge in [0, 0.05) is 11.6 Å². The second kappa shape index (κ2) is 8.94. The average Bonchev–Trinajstić information content (AvgIpc) is 3.13. The van der Waals surface area contributed by atoms with E-state index < -0.39 is 37.3 Å². The van der Waals surface area contributed by atoms with Crippen molar-refractivity contribution in [3.63, 3.8) is 0 Å². The summed E-state index contributed by atoms with van der Waals surface area (Å²) in [5, 5.41) is 41.7. The summed E-state index contributed by atoms with van der Waals surface area (Å²) in [6.45, 7) is 3.58. The van der Waals surface area contributed by atoms with E-state index in [-0.39, 0.29) is 0 Å². The molecule has 6 nitrogen and oxygen atoms in total. The molecule has 0 saturated carbocycles. The number of aryl methyl sites for hydroxylation is 1. The minimum Gasteiger partial charge on any atom is -0.394 e. The number of aromatic nitrogens is 1. The Morgan fingerprint density at radius 2 is 1.74 bits per heavy atom. The fourth-order valence-electron chi connectivity index (χ4n) is 4.40. The number of benzene rings is 2. The molecule has 0 amide bonds. The summed E-state index contributed by atoms with van der Waals surface area (Å²) in [5.41, 5.74) is 5.34. The second-order valence-electron chi connectivity index (χ2n) is 8.17. The van der Waals surface area contributed by atoms with Crippen LogP contribution in [0.15, 0.2) is 54.7 Å². The van der Waals surface area contributed by atoms with Crippen molar-refractivity contribution >= 4 is 17.0 Å². The molecule has 4 N–H and O–H groups in total. The van der Waals surface area contributed by atoms with Gasteiger partial charge in [-0.05, 0) is 48.6 Å². The number of aliphatic hydroxyl groups is 4. The maximum atomic E-state index is 10.6. The van der Waals surface area contributed by atoms with Crippen molar-refractivity contribution < 1.29 is 25.2 Å². The van der Waals surface area contributed by atoms with Crippen LogP contribution in [0.25, 0.3) is 17.0 Å². The van der Waals surface area contributed by atoms with Gasteiger partial charge in [0.25, 0.3) is 0 Å². The van der Waals surface area contributed by atoms with E-state index in [1.165, 1.54) is 0 Å². The van der Waals surface area contributed by atoms with Crippen molar-refractivity contribution in [3.05, 3.63) is 77.0 Å². The molecule has 1 aliphatic rings. The molecule has 1 aromatic heterocycles. The van der Waals surface area contributed by atoms with Crippen molar-refractivity contribution in [2.45, 2.75) is 50.9 Å². The molecule has 3 aromatic rings. The van der Waals surface area contributed by atoms with Gasteiger partial charge < -0.3 is 29.7 Å². The molecule has 0 aliphatic carbocycles. The number of aliphatic hydroxyl groups excluding tert-OH is 4. The molecule has 31 heavy (non-hydrogen) atoms. The van der Waals surface area contributed by atoms with Gasteiger partial charge in [0.05, 0.1) is 12.1 Å². The molecule has 2 aromatic carbocycles. The second-order valence-corrected chi connectivity index (χ2v) is 8.17. The summed E-state index contributed by atoms with van der Waals surface area (Å²) in [7, 11) is 0. The summed E-state index contributed by atoms with van der Waals surface area (Å²) in [6, 6.07) is 14.3. The van der Waals surface area contributed by atoms with E-state index in [1.54, 1.807) is 4.57 Å². The molecule has 164 valence electrons. The van der Waals surface area contributed by atoms with Gasteiger partial charge in [0.15, 0.2) is 6.23 Å². The first-order chi connectivity index (χ1) is 14.9. The highest BCUT2D eigenvalue weighted by Crippen LogP contribution is 2.35. The van der Waals surface area contributed by atoms with Gasteiger partial charge in [0.1, 0.15) is 24.4 Å². The summed E-state index contributed by atoms with van der Waals surface area (Å²) in [6.07, 6.45) is 0.689. The first-order valence-electron chi connectivity index (χ1n) is 10.6. The van der Waals surface area contributed by atoms with Crippen molar-refractivity contribution in [3.8, 4) is 0 Å². The predicted molar refractivity (Wildman–Crippen MR) is 120 cm³/mol. The summed E-state index contributed by atoms with van der Waals surface area (Å²) >= 11 is 0. The molecule has 1 saturated heterocycles. The first kappa shape index (κ1) is 21.7. The van der Waals surface area contributed by atoms with Gasteiger partial charge >= 0.3 is 0 Å². The number of hydrogen-bond donors (Lipinski definition) is 4. The fraction of sp³-hybridized carbons (Fsp3) is 0.360. The van der Waals surface area contributed by atoms with Crippen LogP contribution in [-0.4, -0.2) is 56.0 Å². The SMILES string of the molecule is C/C=C/c1ccc(Cc2cn([C@@H]3O[C@H](CO)[C@@H](O)[C@H](O)[C@H]3O)c3cccc(C)c23)cc1. The van der Waals surface area contributed by atoms with Crippen molar-refractivity contribution in [2.75, 3.05) is 6.61 Å². The third-order valence-corrected chi connectivity index (χ3v) is 6.02. The lowest BCUT2D eigenvalue weighted by Crippen LogP contribution is -2.56. The van der Waals surface area contributed by atoms with Crippen LogP contribution >= 0.6 is 0 Å². The van der Waals surface area contributed by atoms with Crippen LogP contribution in [0.4, 0.5) is 0 Å². The van der Waals surface area contributed by atoms with E-state index in [0.29, 0.717) is 6.42 Å². The van der Waals surface area contributed by atoms with Crippen LogP contribution < -0.4 is 0 Å². The smallest absolute Gasteiger partial charge is 0.163 e. The number of allylic oxidation sites excluding steroid dienone is 1. The number of rotatable bonds is 5. The lowest BCUT2D eigenvalue weighted by Gasteiger charge is -2.40. The van der Waals surface area contributed by atoms with Crippen molar-refractivity contribution in [2.24, 2.45) is 0 Å². The van der Waals surface area contributed by atoms with Crippen LogP contribution in [0.5, 0.6) is 0 Å². The highest BCUT2D eigenvalue weighted by Gasteiger charge is 2.44. The Labute approximate surface area is 181 Å². The monoisotopic (exact) mass is 423 g/mol. The summed E-state index contributed by atoms with van der Waals surface area (Å²) in [5.74, 6) is 0. The molecule has 0 radical (unpaired) electrons. The van der Waals surface area contributed by atoms with E-state index in [2.05, 4.69) is 30.3 Å². The van der Waals surface area contributed by atoms with Crippen LogP contribution in [-0.2, 0) is 11.2 Å². The minimum atomic E-state index is -1.42. The van der Waals surface area contributed by atoms with Gasteiger partial charge in [-0.25, -0.2) is 0 Å². The molecule has 0 spiro atoms. The number of ether oxygens (including phenoxy) is 1. The molecule has 0 bridgehead atoms. The van der Waals surface area contributed by atoms with Crippen LogP contribution in [0.3, 0.4) is 0 Å². The Kier molecular flexibility index (Phi) is 6.27. The van der Waals surface area contributed by atoms with E-state index in [0.717, 1.165) is 33.2 Å². The Hall–Kier alpha value is -2.48. The Morgan fingerprint density at radius 3 is 2.42 bits per heavy atom. The van der Waals surface area contributed by atoms with E-state index in [4.69, 9.17) is 4.74 Å². The van der Waals surface area contributed by atoms with Crippen LogP contribution in [0.1, 0.15) is 35.4 Å². The highest BCUT2D eigenvalue weighted by atomic mass is 16.6. The zero-order valence-corrected chi connectivity index (χ0v) is 17.7. The standard InChI is InChI=1S/C25H29NO5/c1-3-5-16-8-10-17(11-9-16)12-18-13-26(19-7-4-6-15(2)21(18)19)25-24(30)23(29)22(28)20(14-27)31-25/h3-11,13,20,22-25,27-30H,12,14H2,1-2H3/b5-3+/t20-,22-,23+,24-,25-/m1/s1. The summed E-state index contributed by atoms with van der Waals surface area (Å²) in [4.78, 5) is 0. The molecule has 1 fully saturated rings.